The highest BCUT2D eigenvalue weighted by Gasteiger charge is 2.21. The molecular formula is C20H24O3. The van der Waals surface area contributed by atoms with Crippen molar-refractivity contribution >= 4 is 11.0 Å². The molecule has 0 radical (unpaired) electrons. The van der Waals surface area contributed by atoms with Crippen LogP contribution in [-0.2, 0) is 0 Å². The van der Waals surface area contributed by atoms with Gasteiger partial charge in [-0.25, -0.2) is 4.79 Å². The third kappa shape index (κ3) is 3.55. The van der Waals surface area contributed by atoms with Gasteiger partial charge >= 0.3 is 5.63 Å². The molecule has 0 saturated carbocycles. The summed E-state index contributed by atoms with van der Waals surface area (Å²) >= 11 is 0. The topological polar surface area (TPSA) is 50.4 Å². The van der Waals surface area contributed by atoms with Crippen LogP contribution in [0.2, 0.25) is 0 Å². The summed E-state index contributed by atoms with van der Waals surface area (Å²) in [5.41, 5.74) is 3.47. The average Bonchev–Trinajstić information content (AvgIpc) is 2.46. The quantitative estimate of drug-likeness (QED) is 0.622. The molecule has 0 bridgehead atoms. The lowest BCUT2D eigenvalue weighted by molar-refractivity contribution is 0.452. The number of fused-ring (bicyclic) bond motifs is 1. The molecule has 0 aliphatic heterocycles. The predicted molar refractivity (Wildman–Crippen MR) is 95.1 cm³/mol. The van der Waals surface area contributed by atoms with Crippen LogP contribution in [0.5, 0.6) is 5.75 Å². The predicted octanol–water partition coefficient (Wildman–Crippen LogP) is 5.21. The van der Waals surface area contributed by atoms with Crippen molar-refractivity contribution in [1.29, 1.82) is 0 Å². The van der Waals surface area contributed by atoms with E-state index in [9.17, 15) is 9.90 Å². The van der Waals surface area contributed by atoms with Gasteiger partial charge in [0.15, 0.2) is 0 Å². The molecule has 0 fully saturated rings. The van der Waals surface area contributed by atoms with Crippen LogP contribution in [-0.4, -0.2) is 5.11 Å². The molecule has 122 valence electrons. The molecule has 1 aromatic heterocycles. The monoisotopic (exact) mass is 312 g/mol. The summed E-state index contributed by atoms with van der Waals surface area (Å²) in [6.07, 6.45) is 5.03. The zero-order valence-electron chi connectivity index (χ0n) is 14.4. The van der Waals surface area contributed by atoms with Gasteiger partial charge in [0.2, 0.25) is 0 Å². The molecule has 0 amide bonds. The number of allylic oxidation sites excluding steroid dienone is 4. The second-order valence-electron chi connectivity index (χ2n) is 6.29. The van der Waals surface area contributed by atoms with Crippen LogP contribution in [0.3, 0.4) is 0 Å². The van der Waals surface area contributed by atoms with Gasteiger partial charge < -0.3 is 9.52 Å². The van der Waals surface area contributed by atoms with Gasteiger partial charge in [-0.3, -0.25) is 0 Å². The lowest BCUT2D eigenvalue weighted by Crippen LogP contribution is -2.12. The average molecular weight is 312 g/mol. The lowest BCUT2D eigenvalue weighted by atomic mass is 9.92. The molecule has 0 saturated heterocycles. The van der Waals surface area contributed by atoms with Crippen LogP contribution in [0, 0.1) is 6.92 Å². The number of hydrogen-bond donors (Lipinski definition) is 1. The number of aryl methyl sites for hydroxylation is 1. The molecule has 2 rings (SSSR count). The molecule has 0 unspecified atom stereocenters. The molecule has 0 aliphatic carbocycles. The first-order valence-corrected chi connectivity index (χ1v) is 7.88. The van der Waals surface area contributed by atoms with E-state index in [-0.39, 0.29) is 11.7 Å². The van der Waals surface area contributed by atoms with Crippen molar-refractivity contribution in [2.75, 3.05) is 0 Å². The Morgan fingerprint density at radius 1 is 1.26 bits per heavy atom. The number of rotatable bonds is 4. The second kappa shape index (κ2) is 6.86. The fourth-order valence-corrected chi connectivity index (χ4v) is 2.68. The first kappa shape index (κ1) is 17.1. The zero-order chi connectivity index (χ0) is 17.1. The van der Waals surface area contributed by atoms with Gasteiger partial charge in [0, 0.05) is 5.92 Å². The number of benzene rings is 1. The fraction of sp³-hybridized carbons (Fsp3) is 0.350. The Bertz CT molecular complexity index is 834. The fourth-order valence-electron chi connectivity index (χ4n) is 2.68. The van der Waals surface area contributed by atoms with E-state index in [2.05, 4.69) is 26.0 Å². The van der Waals surface area contributed by atoms with Crippen LogP contribution in [0.1, 0.15) is 51.2 Å². The van der Waals surface area contributed by atoms with Crippen molar-refractivity contribution in [2.45, 2.75) is 47.0 Å². The minimum Gasteiger partial charge on any atom is -0.507 e. The summed E-state index contributed by atoms with van der Waals surface area (Å²) in [6, 6.07) is 5.41. The van der Waals surface area contributed by atoms with Gasteiger partial charge in [-0.2, -0.15) is 0 Å². The standard InChI is InChI=1S/C20H24O3/c1-12(2)8-6-9-13(3)15(5)18-19(21)17-14(4)10-7-11-16(17)23-20(18)22/h7-11,15,21H,6H2,1-5H3/b13-9+/t15-/m1/s1. The Kier molecular flexibility index (Phi) is 5.09. The molecule has 1 heterocycles. The van der Waals surface area contributed by atoms with E-state index in [1.54, 1.807) is 6.07 Å². The van der Waals surface area contributed by atoms with E-state index in [0.717, 1.165) is 17.6 Å². The molecule has 23 heavy (non-hydrogen) atoms. The van der Waals surface area contributed by atoms with E-state index in [4.69, 9.17) is 4.42 Å². The number of aromatic hydroxyl groups is 1. The minimum atomic E-state index is -0.469. The maximum atomic E-state index is 12.3. The lowest BCUT2D eigenvalue weighted by Gasteiger charge is -2.15. The van der Waals surface area contributed by atoms with Gasteiger partial charge in [0.1, 0.15) is 11.3 Å². The highest BCUT2D eigenvalue weighted by atomic mass is 16.4. The molecule has 1 N–H and O–H groups in total. The van der Waals surface area contributed by atoms with E-state index in [1.807, 2.05) is 32.9 Å². The summed E-state index contributed by atoms with van der Waals surface area (Å²) in [6.45, 7) is 9.90. The highest BCUT2D eigenvalue weighted by molar-refractivity contribution is 5.87. The summed E-state index contributed by atoms with van der Waals surface area (Å²) in [7, 11) is 0. The third-order valence-electron chi connectivity index (χ3n) is 4.23. The van der Waals surface area contributed by atoms with Crippen LogP contribution in [0.4, 0.5) is 0 Å². The Labute approximate surface area is 137 Å². The molecule has 0 spiro atoms. The summed E-state index contributed by atoms with van der Waals surface area (Å²) < 4.78 is 5.41. The minimum absolute atomic E-state index is 0.0387. The van der Waals surface area contributed by atoms with Crippen LogP contribution < -0.4 is 5.63 Å². The van der Waals surface area contributed by atoms with E-state index >= 15 is 0 Å². The van der Waals surface area contributed by atoms with Gasteiger partial charge in [0.05, 0.1) is 10.9 Å². The summed E-state index contributed by atoms with van der Waals surface area (Å²) in [5, 5.41) is 11.3. The molecule has 0 aliphatic rings. The van der Waals surface area contributed by atoms with Gasteiger partial charge in [-0.15, -0.1) is 0 Å². The van der Waals surface area contributed by atoms with E-state index < -0.39 is 5.63 Å². The van der Waals surface area contributed by atoms with Crippen molar-refractivity contribution in [2.24, 2.45) is 0 Å². The zero-order valence-corrected chi connectivity index (χ0v) is 14.4. The van der Waals surface area contributed by atoms with Crippen molar-refractivity contribution in [3.05, 3.63) is 63.0 Å². The molecule has 1 aromatic carbocycles. The first-order valence-electron chi connectivity index (χ1n) is 7.88. The van der Waals surface area contributed by atoms with Crippen LogP contribution in [0.25, 0.3) is 11.0 Å². The molecule has 3 nitrogen and oxygen atoms in total. The molecule has 3 heteroatoms. The van der Waals surface area contributed by atoms with Crippen molar-refractivity contribution < 1.29 is 9.52 Å². The van der Waals surface area contributed by atoms with Gasteiger partial charge in [-0.1, -0.05) is 42.4 Å². The third-order valence-corrected chi connectivity index (χ3v) is 4.23. The number of hydrogen-bond acceptors (Lipinski definition) is 3. The normalized spacial score (nSPS) is 13.2. The SMILES string of the molecule is CC(C)=CC/C=C(\C)[C@@H](C)c1c(O)c2c(C)cccc2oc1=O. The van der Waals surface area contributed by atoms with Gasteiger partial charge in [-0.05, 0) is 45.7 Å². The Balaban J connectivity index is 2.53. The maximum Gasteiger partial charge on any atom is 0.343 e. The van der Waals surface area contributed by atoms with Crippen LogP contribution in [0.15, 0.2) is 50.7 Å². The largest absolute Gasteiger partial charge is 0.507 e. The van der Waals surface area contributed by atoms with E-state index in [1.165, 1.54) is 5.57 Å². The Morgan fingerprint density at radius 3 is 2.61 bits per heavy atom. The van der Waals surface area contributed by atoms with E-state index in [0.29, 0.717) is 16.5 Å². The van der Waals surface area contributed by atoms with Crippen LogP contribution >= 0.6 is 0 Å². The summed E-state index contributed by atoms with van der Waals surface area (Å²) in [5.74, 6) is -0.155. The Hall–Kier alpha value is -2.29. The van der Waals surface area contributed by atoms with Crippen molar-refractivity contribution in [3.8, 4) is 5.75 Å². The van der Waals surface area contributed by atoms with Gasteiger partial charge in [0.25, 0.3) is 0 Å². The molecule has 2 aromatic rings. The summed E-state index contributed by atoms with van der Waals surface area (Å²) in [4.78, 5) is 12.3. The maximum absolute atomic E-state index is 12.3. The second-order valence-corrected chi connectivity index (χ2v) is 6.29. The smallest absolute Gasteiger partial charge is 0.343 e. The Morgan fingerprint density at radius 2 is 1.96 bits per heavy atom. The highest BCUT2D eigenvalue weighted by Crippen LogP contribution is 2.35. The molecule has 1 atom stereocenters. The molecular weight excluding hydrogens is 288 g/mol. The van der Waals surface area contributed by atoms with Crippen molar-refractivity contribution in [1.82, 2.24) is 0 Å². The van der Waals surface area contributed by atoms with Crippen molar-refractivity contribution in [3.63, 3.8) is 0 Å². The first-order chi connectivity index (χ1) is 10.8.